The third-order valence-corrected chi connectivity index (χ3v) is 8.03. The Hall–Kier alpha value is -3.27. The van der Waals surface area contributed by atoms with Gasteiger partial charge in [0.2, 0.25) is 0 Å². The predicted molar refractivity (Wildman–Crippen MR) is 134 cm³/mol. The number of carbonyl (C=O) groups is 1. The highest BCUT2D eigenvalue weighted by molar-refractivity contribution is 7.91. The van der Waals surface area contributed by atoms with Gasteiger partial charge in [0.1, 0.15) is 11.9 Å². The standard InChI is InChI=1S/C25H28FN5O5S/c26-24-15-21(4-5-23(24)19-6-13-37(33,34)14-7-19)31-18-22(36-25(31)32)17-30-16-20(27-28-30)3-1-2-8-29-9-11-35-12-10-29/h4-6,15-16,22H,3,7-14,17-18H2/t22-/m0/s1. The summed E-state index contributed by atoms with van der Waals surface area (Å²) in [5, 5.41) is 8.26. The van der Waals surface area contributed by atoms with Crippen molar-refractivity contribution in [2.24, 2.45) is 0 Å². The van der Waals surface area contributed by atoms with Crippen molar-refractivity contribution >= 4 is 27.2 Å². The van der Waals surface area contributed by atoms with Gasteiger partial charge in [-0.2, -0.15) is 0 Å². The van der Waals surface area contributed by atoms with Crippen LogP contribution >= 0.6 is 0 Å². The fourth-order valence-electron chi connectivity index (χ4n) is 4.48. The molecule has 1 atom stereocenters. The first kappa shape index (κ1) is 25.4. The van der Waals surface area contributed by atoms with Crippen molar-refractivity contribution in [3.63, 3.8) is 0 Å². The highest BCUT2D eigenvalue weighted by Gasteiger charge is 2.33. The van der Waals surface area contributed by atoms with Crippen LogP contribution in [-0.2, 0) is 32.3 Å². The third-order valence-electron chi connectivity index (χ3n) is 6.53. The topological polar surface area (TPSA) is 107 Å². The summed E-state index contributed by atoms with van der Waals surface area (Å²) in [4.78, 5) is 16.1. The second-order valence-corrected chi connectivity index (χ2v) is 11.5. The number of halogens is 1. The van der Waals surface area contributed by atoms with Crippen molar-refractivity contribution in [2.75, 3.05) is 55.8 Å². The summed E-state index contributed by atoms with van der Waals surface area (Å²) in [5.41, 5.74) is 2.13. The van der Waals surface area contributed by atoms with Gasteiger partial charge in [-0.1, -0.05) is 23.1 Å². The normalized spacial score (nSPS) is 21.8. The van der Waals surface area contributed by atoms with E-state index in [2.05, 4.69) is 27.1 Å². The van der Waals surface area contributed by atoms with Crippen LogP contribution in [0.1, 0.15) is 17.7 Å². The molecule has 1 aromatic carbocycles. The second kappa shape index (κ2) is 11.0. The van der Waals surface area contributed by atoms with Crippen molar-refractivity contribution in [3.05, 3.63) is 47.5 Å². The maximum absolute atomic E-state index is 14.9. The van der Waals surface area contributed by atoms with Gasteiger partial charge in [-0.25, -0.2) is 22.3 Å². The quantitative estimate of drug-likeness (QED) is 0.519. The molecule has 1 aromatic heterocycles. The zero-order valence-corrected chi connectivity index (χ0v) is 21.1. The first-order chi connectivity index (χ1) is 17.9. The number of allylic oxidation sites excluding steroid dienone is 1. The molecule has 0 saturated carbocycles. The number of ether oxygens (including phenoxy) is 2. The molecule has 1 amide bonds. The number of nitrogens with zero attached hydrogens (tertiary/aromatic N) is 5. The van der Waals surface area contributed by atoms with Crippen LogP contribution in [0.15, 0.2) is 30.5 Å². The first-order valence-electron chi connectivity index (χ1n) is 12.2. The monoisotopic (exact) mass is 529 g/mol. The Morgan fingerprint density at radius 3 is 2.78 bits per heavy atom. The van der Waals surface area contributed by atoms with E-state index in [9.17, 15) is 17.6 Å². The molecular weight excluding hydrogens is 501 g/mol. The minimum absolute atomic E-state index is 0.00513. The summed E-state index contributed by atoms with van der Waals surface area (Å²) in [6.07, 6.45) is 3.06. The van der Waals surface area contributed by atoms with E-state index in [1.807, 2.05) is 0 Å². The molecule has 2 aromatic rings. The lowest BCUT2D eigenvalue weighted by Gasteiger charge is -2.24. The predicted octanol–water partition coefficient (Wildman–Crippen LogP) is 1.52. The van der Waals surface area contributed by atoms with Crippen LogP contribution in [0.4, 0.5) is 14.9 Å². The lowest BCUT2D eigenvalue weighted by atomic mass is 10.0. The number of rotatable bonds is 6. The van der Waals surface area contributed by atoms with Crippen LogP contribution < -0.4 is 4.90 Å². The largest absolute Gasteiger partial charge is 0.442 e. The van der Waals surface area contributed by atoms with Crippen molar-refractivity contribution < 1.29 is 27.1 Å². The van der Waals surface area contributed by atoms with E-state index in [-0.39, 0.29) is 24.5 Å². The molecule has 3 aliphatic heterocycles. The van der Waals surface area contributed by atoms with Gasteiger partial charge in [0.05, 0.1) is 62.2 Å². The highest BCUT2D eigenvalue weighted by Crippen LogP contribution is 2.30. The molecule has 0 bridgehead atoms. The number of morpholine rings is 1. The SMILES string of the molecule is O=C1O[C@@H](Cn2cc(CC#CCN3CCOCC3)nn2)CN1c1ccc(C2=CCS(=O)(=O)CC2)c(F)c1. The molecule has 0 radical (unpaired) electrons. The Morgan fingerprint density at radius 2 is 2.03 bits per heavy atom. The van der Waals surface area contributed by atoms with Gasteiger partial charge >= 0.3 is 6.09 Å². The molecule has 12 heteroatoms. The summed E-state index contributed by atoms with van der Waals surface area (Å²) < 4.78 is 50.6. The number of cyclic esters (lactones) is 1. The fraction of sp³-hybridized carbons (Fsp3) is 0.480. The smallest absolute Gasteiger partial charge is 0.414 e. The molecule has 5 rings (SSSR count). The summed E-state index contributed by atoms with van der Waals surface area (Å²) in [7, 11) is -3.10. The average molecular weight is 530 g/mol. The molecule has 0 unspecified atom stereocenters. The number of hydrogen-bond donors (Lipinski definition) is 0. The minimum atomic E-state index is -3.10. The van der Waals surface area contributed by atoms with E-state index in [0.29, 0.717) is 36.3 Å². The van der Waals surface area contributed by atoms with E-state index in [4.69, 9.17) is 9.47 Å². The van der Waals surface area contributed by atoms with Crippen LogP contribution in [0, 0.1) is 17.7 Å². The van der Waals surface area contributed by atoms with Crippen LogP contribution in [0.5, 0.6) is 0 Å². The molecule has 0 aliphatic carbocycles. The van der Waals surface area contributed by atoms with E-state index in [1.165, 1.54) is 11.0 Å². The van der Waals surface area contributed by atoms with Gasteiger partial charge in [0, 0.05) is 24.8 Å². The Labute approximate surface area is 214 Å². The van der Waals surface area contributed by atoms with Crippen LogP contribution in [0.3, 0.4) is 0 Å². The number of sulfone groups is 1. The number of amides is 1. The average Bonchev–Trinajstić information content (AvgIpc) is 3.48. The molecule has 2 saturated heterocycles. The Bertz CT molecular complexity index is 1360. The fourth-order valence-corrected chi connectivity index (χ4v) is 5.63. The maximum Gasteiger partial charge on any atom is 0.414 e. The number of hydrogen-bond acceptors (Lipinski definition) is 8. The molecule has 0 N–H and O–H groups in total. The van der Waals surface area contributed by atoms with Crippen LogP contribution in [-0.4, -0.2) is 91.4 Å². The van der Waals surface area contributed by atoms with Gasteiger partial charge < -0.3 is 9.47 Å². The Morgan fingerprint density at radius 1 is 1.19 bits per heavy atom. The number of aromatic nitrogens is 3. The molecule has 10 nitrogen and oxygen atoms in total. The van der Waals surface area contributed by atoms with E-state index >= 15 is 0 Å². The lowest BCUT2D eigenvalue weighted by molar-refractivity contribution is 0.0443. The molecule has 4 heterocycles. The molecule has 196 valence electrons. The van der Waals surface area contributed by atoms with Gasteiger partial charge in [-0.3, -0.25) is 9.80 Å². The van der Waals surface area contributed by atoms with Gasteiger partial charge in [0.25, 0.3) is 0 Å². The Kier molecular flexibility index (Phi) is 7.55. The number of anilines is 1. The molecule has 3 aliphatic rings. The van der Waals surface area contributed by atoms with Gasteiger partial charge in [-0.15, -0.1) is 5.10 Å². The van der Waals surface area contributed by atoms with Crippen LogP contribution in [0.25, 0.3) is 5.57 Å². The number of benzene rings is 1. The summed E-state index contributed by atoms with van der Waals surface area (Å²) >= 11 is 0. The second-order valence-electron chi connectivity index (χ2n) is 9.23. The van der Waals surface area contributed by atoms with E-state index < -0.39 is 27.9 Å². The van der Waals surface area contributed by atoms with Gasteiger partial charge in [-0.05, 0) is 30.2 Å². The molecule has 37 heavy (non-hydrogen) atoms. The van der Waals surface area contributed by atoms with E-state index in [1.54, 1.807) is 29.1 Å². The zero-order valence-electron chi connectivity index (χ0n) is 20.3. The first-order valence-corrected chi connectivity index (χ1v) is 14.0. The summed E-state index contributed by atoms with van der Waals surface area (Å²) in [6, 6.07) is 4.51. The van der Waals surface area contributed by atoms with Crippen molar-refractivity contribution in [3.8, 4) is 11.8 Å². The lowest BCUT2D eigenvalue weighted by Crippen LogP contribution is -2.36. The molecular formula is C25H28FN5O5S. The molecule has 0 spiro atoms. The zero-order chi connectivity index (χ0) is 25.8. The minimum Gasteiger partial charge on any atom is -0.442 e. The maximum atomic E-state index is 14.9. The van der Waals surface area contributed by atoms with Crippen LogP contribution in [0.2, 0.25) is 0 Å². The van der Waals surface area contributed by atoms with Crippen molar-refractivity contribution in [1.82, 2.24) is 19.9 Å². The summed E-state index contributed by atoms with van der Waals surface area (Å²) in [5.74, 6) is 5.68. The van der Waals surface area contributed by atoms with E-state index in [0.717, 1.165) is 32.0 Å². The van der Waals surface area contributed by atoms with Crippen molar-refractivity contribution in [1.29, 1.82) is 0 Å². The van der Waals surface area contributed by atoms with Crippen molar-refractivity contribution in [2.45, 2.75) is 25.5 Å². The Balaban J connectivity index is 1.15. The third kappa shape index (κ3) is 6.36. The number of carbonyl (C=O) groups excluding carboxylic acids is 1. The van der Waals surface area contributed by atoms with Gasteiger partial charge in [0.15, 0.2) is 9.84 Å². The molecule has 2 fully saturated rings. The summed E-state index contributed by atoms with van der Waals surface area (Å²) in [6.45, 7) is 4.53. The highest BCUT2D eigenvalue weighted by atomic mass is 32.2.